The third kappa shape index (κ3) is 4.19. The Bertz CT molecular complexity index is 499. The molecule has 0 aliphatic heterocycles. The fraction of sp³-hybridized carbons (Fsp3) is 0.500. The maximum Gasteiger partial charge on any atom is 0.264 e. The maximum atomic E-state index is 10.6. The van der Waals surface area contributed by atoms with Gasteiger partial charge in [-0.2, -0.15) is 8.42 Å². The van der Waals surface area contributed by atoms with Gasteiger partial charge in [0, 0.05) is 13.1 Å². The van der Waals surface area contributed by atoms with E-state index in [2.05, 4.69) is 0 Å². The molecule has 1 aromatic carbocycles. The molecule has 0 aliphatic carbocycles. The fourth-order valence-corrected chi connectivity index (χ4v) is 2.28. The monoisotopic (exact) mass is 273 g/mol. The third-order valence-corrected chi connectivity index (χ3v) is 3.57. The standard InChI is InChI=1S/C12H19NO4S/c1-3-13(8-5-9-18(15,16)17)11-7-4-6-10(2)12(11)14/h4,6-7,14H,3,5,8-9H2,1-2H3,(H,15,16,17). The summed E-state index contributed by atoms with van der Waals surface area (Å²) in [5, 5.41) is 9.95. The Kier molecular flexibility index (Phi) is 4.98. The van der Waals surface area contributed by atoms with Crippen molar-refractivity contribution < 1.29 is 18.1 Å². The van der Waals surface area contributed by atoms with Gasteiger partial charge in [-0.05, 0) is 31.9 Å². The molecule has 0 aromatic heterocycles. The van der Waals surface area contributed by atoms with Crippen molar-refractivity contribution in [2.75, 3.05) is 23.7 Å². The van der Waals surface area contributed by atoms with Crippen LogP contribution < -0.4 is 4.90 Å². The van der Waals surface area contributed by atoms with Gasteiger partial charge < -0.3 is 10.0 Å². The lowest BCUT2D eigenvalue weighted by atomic mass is 10.1. The van der Waals surface area contributed by atoms with E-state index in [0.717, 1.165) is 5.56 Å². The van der Waals surface area contributed by atoms with E-state index in [-0.39, 0.29) is 11.5 Å². The molecule has 0 spiro atoms. The Morgan fingerprint density at radius 1 is 1.33 bits per heavy atom. The van der Waals surface area contributed by atoms with Crippen LogP contribution in [0, 0.1) is 6.92 Å². The van der Waals surface area contributed by atoms with Crippen LogP contribution in [-0.4, -0.2) is 36.9 Å². The second kappa shape index (κ2) is 6.06. The first-order chi connectivity index (χ1) is 8.35. The number of hydrogen-bond donors (Lipinski definition) is 2. The van der Waals surface area contributed by atoms with Crippen LogP contribution >= 0.6 is 0 Å². The molecule has 0 saturated heterocycles. The van der Waals surface area contributed by atoms with E-state index in [1.165, 1.54) is 0 Å². The lowest BCUT2D eigenvalue weighted by Crippen LogP contribution is -2.25. The predicted octanol–water partition coefficient (Wildman–Crippen LogP) is 1.80. The van der Waals surface area contributed by atoms with Gasteiger partial charge in [0.1, 0.15) is 5.75 Å². The number of nitrogens with zero attached hydrogens (tertiary/aromatic N) is 1. The van der Waals surface area contributed by atoms with Gasteiger partial charge in [0.05, 0.1) is 11.4 Å². The fourth-order valence-electron chi connectivity index (χ4n) is 1.79. The molecule has 0 bridgehead atoms. The van der Waals surface area contributed by atoms with Crippen LogP contribution in [0.3, 0.4) is 0 Å². The second-order valence-corrected chi connectivity index (χ2v) is 5.73. The van der Waals surface area contributed by atoms with Crippen molar-refractivity contribution in [2.45, 2.75) is 20.3 Å². The number of benzene rings is 1. The van der Waals surface area contributed by atoms with E-state index in [0.29, 0.717) is 25.2 Å². The molecule has 1 rings (SSSR count). The summed E-state index contributed by atoms with van der Waals surface area (Å²) in [6, 6.07) is 5.44. The first-order valence-electron chi connectivity index (χ1n) is 5.84. The van der Waals surface area contributed by atoms with Gasteiger partial charge in [0.2, 0.25) is 0 Å². The molecule has 0 heterocycles. The van der Waals surface area contributed by atoms with Crippen LogP contribution in [0.25, 0.3) is 0 Å². The zero-order chi connectivity index (χ0) is 13.8. The average molecular weight is 273 g/mol. The average Bonchev–Trinajstić information content (AvgIpc) is 2.27. The van der Waals surface area contributed by atoms with E-state index in [1.54, 1.807) is 6.07 Å². The highest BCUT2D eigenvalue weighted by Crippen LogP contribution is 2.30. The van der Waals surface area contributed by atoms with Crippen LogP contribution in [0.1, 0.15) is 18.9 Å². The normalized spacial score (nSPS) is 11.5. The molecular weight excluding hydrogens is 254 g/mol. The second-order valence-electron chi connectivity index (χ2n) is 4.16. The van der Waals surface area contributed by atoms with Crippen molar-refractivity contribution in [1.82, 2.24) is 0 Å². The van der Waals surface area contributed by atoms with E-state index in [1.807, 2.05) is 30.9 Å². The summed E-state index contributed by atoms with van der Waals surface area (Å²) in [6.45, 7) is 4.86. The number of hydrogen-bond acceptors (Lipinski definition) is 4. The molecule has 0 radical (unpaired) electrons. The maximum absolute atomic E-state index is 10.6. The summed E-state index contributed by atoms with van der Waals surface area (Å²) in [7, 11) is -3.92. The van der Waals surface area contributed by atoms with Crippen LogP contribution in [0.2, 0.25) is 0 Å². The quantitative estimate of drug-likeness (QED) is 0.773. The number of aryl methyl sites for hydroxylation is 1. The van der Waals surface area contributed by atoms with E-state index in [4.69, 9.17) is 4.55 Å². The molecule has 0 saturated carbocycles. The highest BCUT2D eigenvalue weighted by molar-refractivity contribution is 7.85. The molecule has 0 aliphatic rings. The summed E-state index contributed by atoms with van der Waals surface area (Å²) >= 11 is 0. The van der Waals surface area contributed by atoms with E-state index in [9.17, 15) is 13.5 Å². The van der Waals surface area contributed by atoms with Crippen LogP contribution in [0.4, 0.5) is 5.69 Å². The topological polar surface area (TPSA) is 77.8 Å². The van der Waals surface area contributed by atoms with Crippen molar-refractivity contribution in [2.24, 2.45) is 0 Å². The minimum absolute atomic E-state index is 0.214. The summed E-state index contributed by atoms with van der Waals surface area (Å²) in [4.78, 5) is 1.88. The molecule has 0 unspecified atom stereocenters. The first kappa shape index (κ1) is 14.8. The van der Waals surface area contributed by atoms with Crippen molar-refractivity contribution in [3.63, 3.8) is 0 Å². The summed E-state index contributed by atoms with van der Waals surface area (Å²) in [5.74, 6) is -0.0537. The Balaban J connectivity index is 2.75. The van der Waals surface area contributed by atoms with Gasteiger partial charge in [-0.25, -0.2) is 0 Å². The summed E-state index contributed by atoms with van der Waals surface area (Å²) in [6.07, 6.45) is 0.319. The summed E-state index contributed by atoms with van der Waals surface area (Å²) in [5.41, 5.74) is 1.47. The van der Waals surface area contributed by atoms with Crippen molar-refractivity contribution in [1.29, 1.82) is 0 Å². The zero-order valence-electron chi connectivity index (χ0n) is 10.6. The number of rotatable bonds is 6. The van der Waals surface area contributed by atoms with Crippen molar-refractivity contribution in [3.05, 3.63) is 23.8 Å². The largest absolute Gasteiger partial charge is 0.505 e. The lowest BCUT2D eigenvalue weighted by Gasteiger charge is -2.24. The molecule has 1 aromatic rings. The van der Waals surface area contributed by atoms with Gasteiger partial charge in [0.25, 0.3) is 10.1 Å². The van der Waals surface area contributed by atoms with Crippen molar-refractivity contribution >= 4 is 15.8 Å². The van der Waals surface area contributed by atoms with E-state index >= 15 is 0 Å². The number of aromatic hydroxyl groups is 1. The SMILES string of the molecule is CCN(CCCS(=O)(=O)O)c1cccc(C)c1O. The highest BCUT2D eigenvalue weighted by Gasteiger charge is 2.12. The zero-order valence-corrected chi connectivity index (χ0v) is 11.4. The Labute approximate surface area is 108 Å². The van der Waals surface area contributed by atoms with Crippen LogP contribution in [-0.2, 0) is 10.1 Å². The predicted molar refractivity (Wildman–Crippen MR) is 71.8 cm³/mol. The van der Waals surface area contributed by atoms with Crippen molar-refractivity contribution in [3.8, 4) is 5.75 Å². The summed E-state index contributed by atoms with van der Waals surface area (Å²) < 4.78 is 30.0. The highest BCUT2D eigenvalue weighted by atomic mass is 32.2. The van der Waals surface area contributed by atoms with Gasteiger partial charge in [-0.1, -0.05) is 12.1 Å². The van der Waals surface area contributed by atoms with Gasteiger partial charge in [-0.15, -0.1) is 0 Å². The van der Waals surface area contributed by atoms with Gasteiger partial charge >= 0.3 is 0 Å². The molecule has 0 fully saturated rings. The van der Waals surface area contributed by atoms with Crippen LogP contribution in [0.15, 0.2) is 18.2 Å². The minimum Gasteiger partial charge on any atom is -0.505 e. The minimum atomic E-state index is -3.92. The molecule has 6 heteroatoms. The van der Waals surface area contributed by atoms with Gasteiger partial charge in [-0.3, -0.25) is 4.55 Å². The smallest absolute Gasteiger partial charge is 0.264 e. The molecular formula is C12H19NO4S. The van der Waals surface area contributed by atoms with Gasteiger partial charge in [0.15, 0.2) is 0 Å². The Hall–Kier alpha value is -1.27. The molecule has 18 heavy (non-hydrogen) atoms. The number of phenols is 1. The number of anilines is 1. The molecule has 5 nitrogen and oxygen atoms in total. The Morgan fingerprint density at radius 2 is 2.00 bits per heavy atom. The number of para-hydroxylation sites is 1. The lowest BCUT2D eigenvalue weighted by molar-refractivity contribution is 0.469. The van der Waals surface area contributed by atoms with E-state index < -0.39 is 10.1 Å². The first-order valence-corrected chi connectivity index (χ1v) is 7.44. The van der Waals surface area contributed by atoms with Crippen LogP contribution in [0.5, 0.6) is 5.75 Å². The third-order valence-electron chi connectivity index (χ3n) is 2.77. The molecule has 2 N–H and O–H groups in total. The molecule has 102 valence electrons. The molecule has 0 amide bonds. The molecule has 0 atom stereocenters. The number of phenolic OH excluding ortho intramolecular Hbond substituents is 1. The Morgan fingerprint density at radius 3 is 2.56 bits per heavy atom.